The smallest absolute Gasteiger partial charge is 0.319 e. The van der Waals surface area contributed by atoms with Crippen LogP contribution in [0.5, 0.6) is 11.5 Å². The van der Waals surface area contributed by atoms with Gasteiger partial charge in [-0.3, -0.25) is 4.79 Å². The zero-order valence-electron chi connectivity index (χ0n) is 16.4. The number of benzene rings is 2. The number of rotatable bonds is 7. The molecule has 7 nitrogen and oxygen atoms in total. The maximum atomic E-state index is 12.4. The predicted octanol–water partition coefficient (Wildman–Crippen LogP) is 3.32. The van der Waals surface area contributed by atoms with Gasteiger partial charge in [-0.2, -0.15) is 0 Å². The Hall–Kier alpha value is -3.48. The normalized spacial score (nSPS) is 18.4. The summed E-state index contributed by atoms with van der Waals surface area (Å²) in [5, 5.41) is 5.32. The first-order valence-electron chi connectivity index (χ1n) is 9.31. The average Bonchev–Trinajstić information content (AvgIpc) is 2.72. The molecule has 2 aromatic rings. The number of esters is 1. The summed E-state index contributed by atoms with van der Waals surface area (Å²) in [7, 11) is 1.54. The molecule has 0 spiro atoms. The highest BCUT2D eigenvalue weighted by Gasteiger charge is 2.39. The minimum atomic E-state index is -0.756. The predicted molar refractivity (Wildman–Crippen MR) is 107 cm³/mol. The van der Waals surface area contributed by atoms with Crippen LogP contribution in [0.1, 0.15) is 24.1 Å². The summed E-state index contributed by atoms with van der Waals surface area (Å²) in [6.45, 7) is 6.17. The van der Waals surface area contributed by atoms with Crippen molar-refractivity contribution in [2.75, 3.05) is 13.7 Å². The van der Waals surface area contributed by atoms with Crippen molar-refractivity contribution < 1.29 is 23.8 Å². The van der Waals surface area contributed by atoms with Gasteiger partial charge in [0.25, 0.3) is 0 Å². The number of ether oxygens (including phenoxy) is 3. The van der Waals surface area contributed by atoms with Crippen LogP contribution in [-0.4, -0.2) is 25.7 Å². The number of methoxy groups -OCH3 is 1. The molecule has 0 bridgehead atoms. The van der Waals surface area contributed by atoms with Crippen molar-refractivity contribution in [3.8, 4) is 11.5 Å². The van der Waals surface area contributed by atoms with E-state index < -0.39 is 24.0 Å². The highest BCUT2D eigenvalue weighted by Crippen LogP contribution is 2.36. The van der Waals surface area contributed by atoms with Gasteiger partial charge >= 0.3 is 12.0 Å². The van der Waals surface area contributed by atoms with Gasteiger partial charge in [0.1, 0.15) is 12.5 Å². The van der Waals surface area contributed by atoms with Gasteiger partial charge in [0, 0.05) is 5.70 Å². The zero-order chi connectivity index (χ0) is 20.8. The van der Waals surface area contributed by atoms with Gasteiger partial charge in [-0.05, 0) is 30.2 Å². The Morgan fingerprint density at radius 3 is 2.59 bits per heavy atom. The largest absolute Gasteiger partial charge is 0.493 e. The van der Waals surface area contributed by atoms with Crippen LogP contribution in [0.2, 0.25) is 0 Å². The molecule has 1 saturated heterocycles. The molecular formula is C22H24N2O5. The zero-order valence-corrected chi connectivity index (χ0v) is 16.4. The van der Waals surface area contributed by atoms with Crippen molar-refractivity contribution in [2.24, 2.45) is 5.92 Å². The number of urea groups is 1. The minimum absolute atomic E-state index is 0.235. The van der Waals surface area contributed by atoms with E-state index in [1.807, 2.05) is 30.3 Å². The monoisotopic (exact) mass is 396 g/mol. The molecule has 2 N–H and O–H groups in total. The van der Waals surface area contributed by atoms with Gasteiger partial charge in [0.15, 0.2) is 11.5 Å². The van der Waals surface area contributed by atoms with E-state index in [9.17, 15) is 9.59 Å². The second-order valence-electron chi connectivity index (χ2n) is 6.52. The Morgan fingerprint density at radius 1 is 1.14 bits per heavy atom. The molecule has 2 atom stereocenters. The molecule has 1 fully saturated rings. The van der Waals surface area contributed by atoms with Crippen molar-refractivity contribution in [1.29, 1.82) is 0 Å². The highest BCUT2D eigenvalue weighted by molar-refractivity contribution is 5.85. The second kappa shape index (κ2) is 9.14. The van der Waals surface area contributed by atoms with E-state index >= 15 is 0 Å². The molecule has 2 amide bonds. The van der Waals surface area contributed by atoms with Crippen LogP contribution in [-0.2, 0) is 16.1 Å². The fourth-order valence-electron chi connectivity index (χ4n) is 3.20. The molecule has 3 rings (SSSR count). The molecule has 0 radical (unpaired) electrons. The fraction of sp³-hybridized carbons (Fsp3) is 0.273. The van der Waals surface area contributed by atoms with Gasteiger partial charge < -0.3 is 24.8 Å². The standard InChI is InChI=1S/C22H24N2O5/c1-4-28-21(25)19-14(2)23-22(26)24-20(19)16-10-11-17(18(12-16)27-3)29-13-15-8-6-5-7-9-15/h5-12,19-20H,2,4,13H2,1,3H3,(H2,23,24,26). The van der Waals surface area contributed by atoms with Crippen LogP contribution >= 0.6 is 0 Å². The Morgan fingerprint density at radius 2 is 1.90 bits per heavy atom. The average molecular weight is 396 g/mol. The van der Waals surface area contributed by atoms with Gasteiger partial charge in [0.05, 0.1) is 19.8 Å². The van der Waals surface area contributed by atoms with Crippen molar-refractivity contribution in [3.63, 3.8) is 0 Å². The Kier molecular flexibility index (Phi) is 6.39. The molecule has 1 aliphatic rings. The maximum absolute atomic E-state index is 12.4. The number of carbonyl (C=O) groups excluding carboxylic acids is 2. The van der Waals surface area contributed by atoms with Gasteiger partial charge in [-0.25, -0.2) is 4.79 Å². The fourth-order valence-corrected chi connectivity index (χ4v) is 3.20. The third-order valence-electron chi connectivity index (χ3n) is 4.59. The first kappa shape index (κ1) is 20.3. The molecule has 29 heavy (non-hydrogen) atoms. The second-order valence-corrected chi connectivity index (χ2v) is 6.52. The van der Waals surface area contributed by atoms with Crippen LogP contribution in [0.3, 0.4) is 0 Å². The SMILES string of the molecule is C=C1NC(=O)NC(c2ccc(OCc3ccccc3)c(OC)c2)C1C(=O)OCC. The Bertz CT molecular complexity index is 897. The quantitative estimate of drug-likeness (QED) is 0.701. The maximum Gasteiger partial charge on any atom is 0.319 e. The summed E-state index contributed by atoms with van der Waals surface area (Å²) in [5.74, 6) is -0.155. The van der Waals surface area contributed by atoms with Crippen LogP contribution in [0.4, 0.5) is 4.79 Å². The van der Waals surface area contributed by atoms with Crippen molar-refractivity contribution in [3.05, 3.63) is 71.9 Å². The van der Waals surface area contributed by atoms with Crippen LogP contribution in [0.25, 0.3) is 0 Å². The summed E-state index contributed by atoms with van der Waals surface area (Å²) in [4.78, 5) is 24.4. The number of nitrogens with one attached hydrogen (secondary N) is 2. The highest BCUT2D eigenvalue weighted by atomic mass is 16.5. The molecule has 2 unspecified atom stereocenters. The van der Waals surface area contributed by atoms with E-state index in [0.29, 0.717) is 29.4 Å². The van der Waals surface area contributed by atoms with Crippen LogP contribution < -0.4 is 20.1 Å². The van der Waals surface area contributed by atoms with Crippen LogP contribution in [0, 0.1) is 5.92 Å². The van der Waals surface area contributed by atoms with Crippen molar-refractivity contribution in [1.82, 2.24) is 10.6 Å². The van der Waals surface area contributed by atoms with E-state index in [4.69, 9.17) is 14.2 Å². The summed E-state index contributed by atoms with van der Waals surface area (Å²) < 4.78 is 16.5. The molecule has 0 saturated carbocycles. The van der Waals surface area contributed by atoms with Gasteiger partial charge in [-0.15, -0.1) is 0 Å². The number of hydrogen-bond donors (Lipinski definition) is 2. The molecule has 2 aromatic carbocycles. The first-order valence-corrected chi connectivity index (χ1v) is 9.31. The summed E-state index contributed by atoms with van der Waals surface area (Å²) in [5.41, 5.74) is 2.01. The molecular weight excluding hydrogens is 372 g/mol. The Labute approximate surface area is 169 Å². The lowest BCUT2D eigenvalue weighted by Crippen LogP contribution is -2.51. The number of carbonyl (C=O) groups is 2. The molecule has 0 aromatic heterocycles. The molecule has 0 aliphatic carbocycles. The lowest BCUT2D eigenvalue weighted by Gasteiger charge is -2.33. The summed E-state index contributed by atoms with van der Waals surface area (Å²) in [6.07, 6.45) is 0. The van der Waals surface area contributed by atoms with Crippen molar-refractivity contribution >= 4 is 12.0 Å². The van der Waals surface area contributed by atoms with E-state index in [1.54, 1.807) is 25.1 Å². The third-order valence-corrected chi connectivity index (χ3v) is 4.59. The summed E-state index contributed by atoms with van der Waals surface area (Å²) in [6, 6.07) is 14.0. The number of amides is 2. The van der Waals surface area contributed by atoms with E-state index in [-0.39, 0.29) is 6.61 Å². The molecule has 1 heterocycles. The first-order chi connectivity index (χ1) is 14.0. The van der Waals surface area contributed by atoms with Crippen molar-refractivity contribution in [2.45, 2.75) is 19.6 Å². The molecule has 152 valence electrons. The van der Waals surface area contributed by atoms with E-state index in [2.05, 4.69) is 17.2 Å². The Balaban J connectivity index is 1.85. The van der Waals surface area contributed by atoms with E-state index in [0.717, 1.165) is 5.56 Å². The van der Waals surface area contributed by atoms with Gasteiger partial charge in [0.2, 0.25) is 0 Å². The van der Waals surface area contributed by atoms with Gasteiger partial charge in [-0.1, -0.05) is 43.0 Å². The van der Waals surface area contributed by atoms with E-state index in [1.165, 1.54) is 7.11 Å². The lowest BCUT2D eigenvalue weighted by molar-refractivity contribution is -0.147. The van der Waals surface area contributed by atoms with Crippen LogP contribution in [0.15, 0.2) is 60.8 Å². The minimum Gasteiger partial charge on any atom is -0.493 e. The molecule has 7 heteroatoms. The topological polar surface area (TPSA) is 85.9 Å². The molecule has 1 aliphatic heterocycles. The summed E-state index contributed by atoms with van der Waals surface area (Å²) >= 11 is 0. The third kappa shape index (κ3) is 4.68. The lowest BCUT2D eigenvalue weighted by atomic mass is 9.89. The number of hydrogen-bond acceptors (Lipinski definition) is 5.